The van der Waals surface area contributed by atoms with Crippen LogP contribution < -0.4 is 5.32 Å². The van der Waals surface area contributed by atoms with Crippen LogP contribution in [0.3, 0.4) is 0 Å². The lowest BCUT2D eigenvalue weighted by Crippen LogP contribution is -2.52. The molecule has 2 aliphatic rings. The molecule has 2 fully saturated rings. The number of nitrogens with zero attached hydrogens (tertiary/aromatic N) is 3. The van der Waals surface area contributed by atoms with Gasteiger partial charge in [0.25, 0.3) is 0 Å². The first kappa shape index (κ1) is 30.7. The van der Waals surface area contributed by atoms with E-state index in [2.05, 4.69) is 5.32 Å². The number of piperidine rings is 1. The molecule has 5 rings (SSSR count). The van der Waals surface area contributed by atoms with Gasteiger partial charge in [-0.2, -0.15) is 4.31 Å². The fourth-order valence-electron chi connectivity index (χ4n) is 5.51. The van der Waals surface area contributed by atoms with E-state index in [1.165, 1.54) is 16.4 Å². The molecule has 0 bridgehead atoms. The van der Waals surface area contributed by atoms with E-state index in [0.29, 0.717) is 38.8 Å². The molecule has 3 amide bonds. The van der Waals surface area contributed by atoms with Crippen LogP contribution >= 0.6 is 0 Å². The molecular weight excluding hydrogens is 567 g/mol. The van der Waals surface area contributed by atoms with Crippen LogP contribution in [-0.4, -0.2) is 66.2 Å². The lowest BCUT2D eigenvalue weighted by molar-refractivity contribution is -0.135. The van der Waals surface area contributed by atoms with Crippen molar-refractivity contribution in [2.24, 2.45) is 0 Å². The van der Waals surface area contributed by atoms with Gasteiger partial charge in [0.1, 0.15) is 5.82 Å². The number of likely N-dealkylation sites (tertiary alicyclic amines) is 1. The highest BCUT2D eigenvalue weighted by Gasteiger charge is 2.41. The maximum atomic E-state index is 14.0. The first-order valence-corrected chi connectivity index (χ1v) is 16.2. The number of hydrogen-bond acceptors (Lipinski definition) is 4. The van der Waals surface area contributed by atoms with Crippen molar-refractivity contribution in [3.8, 4) is 0 Å². The Labute approximate surface area is 253 Å². The molecule has 0 atom stereocenters. The number of halogens is 1. The van der Waals surface area contributed by atoms with Gasteiger partial charge in [-0.15, -0.1) is 0 Å². The summed E-state index contributed by atoms with van der Waals surface area (Å²) in [6, 6.07) is 17.9. The van der Waals surface area contributed by atoms with Gasteiger partial charge in [0.05, 0.1) is 11.4 Å². The van der Waals surface area contributed by atoms with Gasteiger partial charge in [0.2, 0.25) is 15.9 Å². The molecule has 0 spiro atoms. The summed E-state index contributed by atoms with van der Waals surface area (Å²) in [5, 5.41) is 3.01. The van der Waals surface area contributed by atoms with E-state index in [9.17, 15) is 22.4 Å². The summed E-state index contributed by atoms with van der Waals surface area (Å²) < 4.78 is 42.2. The average Bonchev–Trinajstić information content (AvgIpc) is 3.83. The molecule has 0 aromatic heterocycles. The number of anilines is 1. The summed E-state index contributed by atoms with van der Waals surface area (Å²) in [7, 11) is -3.87. The Kier molecular flexibility index (Phi) is 9.17. The Morgan fingerprint density at radius 3 is 2.16 bits per heavy atom. The van der Waals surface area contributed by atoms with Crippen LogP contribution in [0.2, 0.25) is 0 Å². The van der Waals surface area contributed by atoms with Crippen molar-refractivity contribution in [3.63, 3.8) is 0 Å². The van der Waals surface area contributed by atoms with Crippen LogP contribution in [0.5, 0.6) is 0 Å². The van der Waals surface area contributed by atoms with Gasteiger partial charge < -0.3 is 15.1 Å². The maximum absolute atomic E-state index is 14.0. The highest BCUT2D eigenvalue weighted by Crippen LogP contribution is 2.33. The minimum atomic E-state index is -3.87. The summed E-state index contributed by atoms with van der Waals surface area (Å²) >= 11 is 0. The molecular formula is C33H39FN4O4S. The van der Waals surface area contributed by atoms with Crippen LogP contribution in [0.1, 0.15) is 47.9 Å². The van der Waals surface area contributed by atoms with Gasteiger partial charge in [-0.05, 0) is 93.5 Å². The maximum Gasteiger partial charge on any atom is 0.321 e. The number of rotatable bonds is 9. The number of carbonyl (C=O) groups excluding carboxylic acids is 2. The molecule has 0 radical (unpaired) electrons. The second-order valence-electron chi connectivity index (χ2n) is 11.6. The fraction of sp³-hybridized carbons (Fsp3) is 0.394. The quantitative estimate of drug-likeness (QED) is 0.342. The smallest absolute Gasteiger partial charge is 0.321 e. The Morgan fingerprint density at radius 2 is 1.53 bits per heavy atom. The number of sulfonamides is 1. The number of amides is 3. The van der Waals surface area contributed by atoms with E-state index in [1.807, 2.05) is 39.0 Å². The predicted octanol–water partition coefficient (Wildman–Crippen LogP) is 5.63. The monoisotopic (exact) mass is 606 g/mol. The minimum absolute atomic E-state index is 0.172. The second kappa shape index (κ2) is 12.9. The van der Waals surface area contributed by atoms with Crippen molar-refractivity contribution in [2.45, 2.75) is 70.0 Å². The standard InChI is InChI=1S/C33H39FN4O4S/c1-23-7-15-30(16-8-23)43(41,42)38(29-13-14-29)22-32(39)37(21-26-9-11-27(34)12-10-26)28-17-19-36(20-18-28)33(40)35-31-6-4-5-24(2)25(31)3/h4-12,15-16,28-29H,13-14,17-22H2,1-3H3,(H,35,40). The molecule has 1 N–H and O–H groups in total. The van der Waals surface area contributed by atoms with E-state index >= 15 is 0 Å². The summed E-state index contributed by atoms with van der Waals surface area (Å²) in [6.45, 7) is 6.71. The fourth-order valence-corrected chi connectivity index (χ4v) is 7.15. The largest absolute Gasteiger partial charge is 0.334 e. The topological polar surface area (TPSA) is 90.0 Å². The first-order valence-electron chi connectivity index (χ1n) is 14.8. The van der Waals surface area contributed by atoms with E-state index in [0.717, 1.165) is 27.9 Å². The van der Waals surface area contributed by atoms with E-state index in [4.69, 9.17) is 0 Å². The molecule has 3 aromatic rings. The summed E-state index contributed by atoms with van der Waals surface area (Å²) in [6.07, 6.45) is 2.51. The number of carbonyl (C=O) groups is 2. The van der Waals surface area contributed by atoms with Crippen molar-refractivity contribution in [2.75, 3.05) is 25.0 Å². The van der Waals surface area contributed by atoms with Crippen LogP contribution in [-0.2, 0) is 21.4 Å². The van der Waals surface area contributed by atoms with Gasteiger partial charge in [-0.25, -0.2) is 17.6 Å². The summed E-state index contributed by atoms with van der Waals surface area (Å²) in [5.41, 5.74) is 4.59. The van der Waals surface area contributed by atoms with E-state index in [1.54, 1.807) is 46.2 Å². The normalized spacial score (nSPS) is 15.9. The average molecular weight is 607 g/mol. The third kappa shape index (κ3) is 7.25. The van der Waals surface area contributed by atoms with Crippen molar-refractivity contribution in [1.29, 1.82) is 0 Å². The molecule has 1 aliphatic carbocycles. The molecule has 1 saturated heterocycles. The van der Waals surface area contributed by atoms with E-state index < -0.39 is 10.0 Å². The third-order valence-corrected chi connectivity index (χ3v) is 10.4. The van der Waals surface area contributed by atoms with Gasteiger partial charge in [0, 0.05) is 37.4 Å². The van der Waals surface area contributed by atoms with Crippen LogP contribution in [0.15, 0.2) is 71.6 Å². The highest BCUT2D eigenvalue weighted by molar-refractivity contribution is 7.89. The zero-order chi connectivity index (χ0) is 30.7. The number of hydrogen-bond donors (Lipinski definition) is 1. The SMILES string of the molecule is Cc1ccc(S(=O)(=O)N(CC(=O)N(Cc2ccc(F)cc2)C2CCN(C(=O)Nc3cccc(C)c3C)CC2)C2CC2)cc1. The molecule has 1 heterocycles. The Hall–Kier alpha value is -3.76. The molecule has 8 nitrogen and oxygen atoms in total. The van der Waals surface area contributed by atoms with Gasteiger partial charge in [0.15, 0.2) is 0 Å². The Morgan fingerprint density at radius 1 is 0.884 bits per heavy atom. The van der Waals surface area contributed by atoms with Gasteiger partial charge in [-0.1, -0.05) is 42.0 Å². The first-order chi connectivity index (χ1) is 20.5. The van der Waals surface area contributed by atoms with Gasteiger partial charge >= 0.3 is 6.03 Å². The lowest BCUT2D eigenvalue weighted by atomic mass is 10.0. The van der Waals surface area contributed by atoms with Crippen molar-refractivity contribution < 1.29 is 22.4 Å². The lowest BCUT2D eigenvalue weighted by Gasteiger charge is -2.39. The zero-order valence-corrected chi connectivity index (χ0v) is 25.7. The molecule has 43 heavy (non-hydrogen) atoms. The number of nitrogens with one attached hydrogen (secondary N) is 1. The number of urea groups is 1. The van der Waals surface area contributed by atoms with Gasteiger partial charge in [-0.3, -0.25) is 4.79 Å². The second-order valence-corrected chi connectivity index (χ2v) is 13.5. The Bertz CT molecular complexity index is 1570. The van der Waals surface area contributed by atoms with Crippen molar-refractivity contribution >= 4 is 27.6 Å². The number of aryl methyl sites for hydroxylation is 2. The third-order valence-electron chi connectivity index (χ3n) is 8.50. The van der Waals surface area contributed by atoms with Crippen LogP contribution in [0.4, 0.5) is 14.9 Å². The van der Waals surface area contributed by atoms with Crippen LogP contribution in [0, 0.1) is 26.6 Å². The van der Waals surface area contributed by atoms with Crippen molar-refractivity contribution in [1.82, 2.24) is 14.1 Å². The molecule has 3 aromatic carbocycles. The zero-order valence-electron chi connectivity index (χ0n) is 24.9. The molecule has 0 unspecified atom stereocenters. The highest BCUT2D eigenvalue weighted by atomic mass is 32.2. The molecule has 1 aliphatic heterocycles. The van der Waals surface area contributed by atoms with Crippen LogP contribution in [0.25, 0.3) is 0 Å². The van der Waals surface area contributed by atoms with E-state index in [-0.39, 0.29) is 47.8 Å². The number of benzene rings is 3. The molecule has 10 heteroatoms. The summed E-state index contributed by atoms with van der Waals surface area (Å²) in [5.74, 6) is -0.668. The summed E-state index contributed by atoms with van der Waals surface area (Å²) in [4.78, 5) is 30.7. The Balaban J connectivity index is 1.32. The molecule has 228 valence electrons. The minimum Gasteiger partial charge on any atom is -0.334 e. The predicted molar refractivity (Wildman–Crippen MR) is 165 cm³/mol. The van der Waals surface area contributed by atoms with Crippen molar-refractivity contribution in [3.05, 3.63) is 94.8 Å². The molecule has 1 saturated carbocycles.